The first-order valence-corrected chi connectivity index (χ1v) is 7.74. The van der Waals surface area contributed by atoms with Crippen molar-refractivity contribution in [3.63, 3.8) is 0 Å². The van der Waals surface area contributed by atoms with Crippen molar-refractivity contribution in [1.82, 2.24) is 5.32 Å². The highest BCUT2D eigenvalue weighted by atomic mass is 35.5. The van der Waals surface area contributed by atoms with Gasteiger partial charge in [0.1, 0.15) is 18.2 Å². The Morgan fingerprint density at radius 1 is 1.25 bits per heavy atom. The third kappa shape index (κ3) is 4.47. The van der Waals surface area contributed by atoms with Crippen molar-refractivity contribution >= 4 is 22.9 Å². The highest BCUT2D eigenvalue weighted by molar-refractivity contribution is 7.11. The molecule has 1 heterocycles. The molecule has 2 nitrogen and oxygen atoms in total. The molecule has 0 radical (unpaired) electrons. The summed E-state index contributed by atoms with van der Waals surface area (Å²) in [6.07, 6.45) is 1.13. The van der Waals surface area contributed by atoms with Gasteiger partial charge in [0.15, 0.2) is 0 Å². The van der Waals surface area contributed by atoms with Crippen molar-refractivity contribution < 1.29 is 9.13 Å². The van der Waals surface area contributed by atoms with Crippen LogP contribution in [0.25, 0.3) is 0 Å². The van der Waals surface area contributed by atoms with Gasteiger partial charge >= 0.3 is 0 Å². The van der Waals surface area contributed by atoms with Crippen molar-refractivity contribution in [2.45, 2.75) is 26.5 Å². The first kappa shape index (κ1) is 15.3. The second kappa shape index (κ2) is 7.62. The van der Waals surface area contributed by atoms with Gasteiger partial charge in [-0.05, 0) is 37.2 Å². The molecule has 0 aliphatic carbocycles. The molecule has 108 valence electrons. The Hall–Kier alpha value is -1.10. The summed E-state index contributed by atoms with van der Waals surface area (Å²) < 4.78 is 18.8. The minimum atomic E-state index is -0.459. The molecule has 0 bridgehead atoms. The molecule has 0 atom stereocenters. The number of hydrogen-bond donors (Lipinski definition) is 1. The van der Waals surface area contributed by atoms with Crippen molar-refractivity contribution in [3.8, 4) is 5.75 Å². The molecule has 0 unspecified atom stereocenters. The highest BCUT2D eigenvalue weighted by Gasteiger charge is 2.04. The van der Waals surface area contributed by atoms with Gasteiger partial charge in [0.2, 0.25) is 0 Å². The molecule has 2 rings (SSSR count). The third-order valence-corrected chi connectivity index (χ3v) is 4.08. The van der Waals surface area contributed by atoms with E-state index in [0.717, 1.165) is 24.4 Å². The number of hydrogen-bond acceptors (Lipinski definition) is 3. The molecule has 0 saturated heterocycles. The number of nitrogens with one attached hydrogen (secondary N) is 1. The summed E-state index contributed by atoms with van der Waals surface area (Å²) in [6, 6.07) is 8.61. The van der Waals surface area contributed by atoms with Crippen LogP contribution in [0.3, 0.4) is 0 Å². The van der Waals surface area contributed by atoms with Crippen LogP contribution in [-0.2, 0) is 13.2 Å². The topological polar surface area (TPSA) is 21.3 Å². The van der Waals surface area contributed by atoms with Gasteiger partial charge in [0.05, 0.1) is 5.02 Å². The smallest absolute Gasteiger partial charge is 0.145 e. The van der Waals surface area contributed by atoms with Gasteiger partial charge in [-0.2, -0.15) is 0 Å². The number of benzene rings is 1. The van der Waals surface area contributed by atoms with E-state index < -0.39 is 5.82 Å². The zero-order valence-electron chi connectivity index (χ0n) is 11.3. The Morgan fingerprint density at radius 3 is 2.80 bits per heavy atom. The summed E-state index contributed by atoms with van der Waals surface area (Å²) in [5.41, 5.74) is 0. The van der Waals surface area contributed by atoms with E-state index in [1.54, 1.807) is 17.4 Å². The van der Waals surface area contributed by atoms with Crippen LogP contribution >= 0.6 is 22.9 Å². The maximum atomic E-state index is 13.3. The number of halogens is 2. The van der Waals surface area contributed by atoms with E-state index in [4.69, 9.17) is 16.3 Å². The van der Waals surface area contributed by atoms with E-state index in [1.807, 2.05) is 6.07 Å². The Kier molecular flexibility index (Phi) is 5.83. The highest BCUT2D eigenvalue weighted by Crippen LogP contribution is 2.23. The fraction of sp³-hybridized carbons (Fsp3) is 0.333. The fourth-order valence-electron chi connectivity index (χ4n) is 1.70. The second-order valence-corrected chi connectivity index (χ2v) is 6.07. The number of thiophene rings is 1. The molecular formula is C15H17ClFNOS. The van der Waals surface area contributed by atoms with Crippen LogP contribution in [0, 0.1) is 5.82 Å². The third-order valence-electron chi connectivity index (χ3n) is 2.72. The molecule has 0 amide bonds. The fourth-order valence-corrected chi connectivity index (χ4v) is 2.72. The summed E-state index contributed by atoms with van der Waals surface area (Å²) in [5.74, 6) is 0.0331. The average Bonchev–Trinajstić information content (AvgIpc) is 2.88. The molecular weight excluding hydrogens is 297 g/mol. The lowest BCUT2D eigenvalue weighted by atomic mass is 10.3. The van der Waals surface area contributed by atoms with Gasteiger partial charge < -0.3 is 10.1 Å². The van der Waals surface area contributed by atoms with Gasteiger partial charge in [-0.3, -0.25) is 0 Å². The minimum Gasteiger partial charge on any atom is -0.488 e. The monoisotopic (exact) mass is 313 g/mol. The standard InChI is InChI=1S/C15H17ClFNOS/c1-2-7-18-9-12-4-5-13(20-12)10-19-11-3-6-14(16)15(17)8-11/h3-6,8,18H,2,7,9-10H2,1H3. The van der Waals surface area contributed by atoms with Crippen LogP contribution in [0.1, 0.15) is 23.1 Å². The van der Waals surface area contributed by atoms with E-state index in [9.17, 15) is 4.39 Å². The van der Waals surface area contributed by atoms with E-state index in [1.165, 1.54) is 17.0 Å². The number of ether oxygens (including phenoxy) is 1. The molecule has 0 spiro atoms. The first-order chi connectivity index (χ1) is 9.69. The van der Waals surface area contributed by atoms with Gasteiger partial charge in [-0.25, -0.2) is 4.39 Å². The molecule has 0 saturated carbocycles. The molecule has 1 N–H and O–H groups in total. The van der Waals surface area contributed by atoms with E-state index >= 15 is 0 Å². The lowest BCUT2D eigenvalue weighted by Gasteiger charge is -2.05. The van der Waals surface area contributed by atoms with Gasteiger partial charge in [-0.15, -0.1) is 11.3 Å². The maximum Gasteiger partial charge on any atom is 0.145 e. The van der Waals surface area contributed by atoms with Gasteiger partial charge in [0, 0.05) is 22.4 Å². The van der Waals surface area contributed by atoms with Gasteiger partial charge in [0.25, 0.3) is 0 Å². The zero-order chi connectivity index (χ0) is 14.4. The van der Waals surface area contributed by atoms with Crippen LogP contribution in [0.5, 0.6) is 5.75 Å². The lowest BCUT2D eigenvalue weighted by Crippen LogP contribution is -2.12. The van der Waals surface area contributed by atoms with Crippen LogP contribution < -0.4 is 10.1 Å². The quantitative estimate of drug-likeness (QED) is 0.753. The molecule has 5 heteroatoms. The van der Waals surface area contributed by atoms with Crippen LogP contribution in [0.4, 0.5) is 4.39 Å². The Labute approximate surface area is 127 Å². The molecule has 1 aromatic carbocycles. The van der Waals surface area contributed by atoms with Gasteiger partial charge in [-0.1, -0.05) is 18.5 Å². The normalized spacial score (nSPS) is 10.8. The Balaban J connectivity index is 1.85. The second-order valence-electron chi connectivity index (χ2n) is 4.41. The molecule has 1 aromatic heterocycles. The summed E-state index contributed by atoms with van der Waals surface area (Å²) >= 11 is 7.33. The summed E-state index contributed by atoms with van der Waals surface area (Å²) in [6.45, 7) is 4.49. The predicted octanol–water partition coefficient (Wildman–Crippen LogP) is 4.62. The Bertz CT molecular complexity index is 559. The predicted molar refractivity (Wildman–Crippen MR) is 82.1 cm³/mol. The first-order valence-electron chi connectivity index (χ1n) is 6.55. The summed E-state index contributed by atoms with van der Waals surface area (Å²) in [7, 11) is 0. The van der Waals surface area contributed by atoms with E-state index in [2.05, 4.69) is 18.3 Å². The Morgan fingerprint density at radius 2 is 2.05 bits per heavy atom. The lowest BCUT2D eigenvalue weighted by molar-refractivity contribution is 0.308. The molecule has 2 aromatic rings. The van der Waals surface area contributed by atoms with Crippen LogP contribution in [0.2, 0.25) is 5.02 Å². The van der Waals surface area contributed by atoms with E-state index in [-0.39, 0.29) is 5.02 Å². The average molecular weight is 314 g/mol. The van der Waals surface area contributed by atoms with Crippen molar-refractivity contribution in [1.29, 1.82) is 0 Å². The molecule has 0 fully saturated rings. The molecule has 20 heavy (non-hydrogen) atoms. The molecule has 0 aliphatic heterocycles. The zero-order valence-corrected chi connectivity index (χ0v) is 12.9. The van der Waals surface area contributed by atoms with Crippen molar-refractivity contribution in [2.75, 3.05) is 6.54 Å². The number of rotatable bonds is 7. The summed E-state index contributed by atoms with van der Waals surface area (Å²) in [5, 5.41) is 3.47. The van der Waals surface area contributed by atoms with Crippen LogP contribution in [0.15, 0.2) is 30.3 Å². The largest absolute Gasteiger partial charge is 0.488 e. The molecule has 0 aliphatic rings. The minimum absolute atomic E-state index is 0.109. The maximum absolute atomic E-state index is 13.3. The SMILES string of the molecule is CCCNCc1ccc(COc2ccc(Cl)c(F)c2)s1. The summed E-state index contributed by atoms with van der Waals surface area (Å²) in [4.78, 5) is 2.40. The van der Waals surface area contributed by atoms with E-state index in [0.29, 0.717) is 12.4 Å². The van der Waals surface area contributed by atoms with Crippen molar-refractivity contribution in [3.05, 3.63) is 50.9 Å². The van der Waals surface area contributed by atoms with Crippen molar-refractivity contribution in [2.24, 2.45) is 0 Å². The van der Waals surface area contributed by atoms with Crippen LogP contribution in [-0.4, -0.2) is 6.54 Å².